The Morgan fingerprint density at radius 3 is 2.78 bits per heavy atom. The Balaban J connectivity index is 1.83. The van der Waals surface area contributed by atoms with Crippen LogP contribution in [0.2, 0.25) is 0 Å². The molecule has 2 amide bonds. The van der Waals surface area contributed by atoms with Crippen molar-refractivity contribution in [3.05, 3.63) is 35.9 Å². The fourth-order valence-electron chi connectivity index (χ4n) is 2.93. The summed E-state index contributed by atoms with van der Waals surface area (Å²) in [5.41, 5.74) is 1.20. The summed E-state index contributed by atoms with van der Waals surface area (Å²) in [7, 11) is 0. The van der Waals surface area contributed by atoms with E-state index in [9.17, 15) is 9.59 Å². The highest BCUT2D eigenvalue weighted by Crippen LogP contribution is 2.19. The molecule has 1 heterocycles. The van der Waals surface area contributed by atoms with E-state index in [1.54, 1.807) is 4.90 Å². The van der Waals surface area contributed by atoms with Crippen molar-refractivity contribution in [3.8, 4) is 0 Å². The number of aliphatic hydroxyl groups is 1. The van der Waals surface area contributed by atoms with Gasteiger partial charge in [0, 0.05) is 32.2 Å². The minimum absolute atomic E-state index is 0.0130. The molecule has 0 spiro atoms. The number of amides is 2. The van der Waals surface area contributed by atoms with Crippen molar-refractivity contribution in [2.75, 3.05) is 19.7 Å². The molecule has 0 aliphatic carbocycles. The molecular weight excluding hydrogens is 292 g/mol. The number of benzene rings is 1. The second-order valence-corrected chi connectivity index (χ2v) is 6.10. The summed E-state index contributed by atoms with van der Waals surface area (Å²) in [6, 6.07) is 10.0. The molecule has 1 aliphatic rings. The van der Waals surface area contributed by atoms with Crippen LogP contribution in [-0.4, -0.2) is 47.6 Å². The second kappa shape index (κ2) is 8.67. The van der Waals surface area contributed by atoms with Gasteiger partial charge in [-0.1, -0.05) is 37.3 Å². The van der Waals surface area contributed by atoms with Gasteiger partial charge < -0.3 is 15.3 Å². The smallest absolute Gasteiger partial charge is 0.225 e. The van der Waals surface area contributed by atoms with Crippen LogP contribution in [0.1, 0.15) is 31.7 Å². The Morgan fingerprint density at radius 2 is 2.13 bits per heavy atom. The van der Waals surface area contributed by atoms with Gasteiger partial charge in [0.2, 0.25) is 11.8 Å². The molecule has 2 N–H and O–H groups in total. The van der Waals surface area contributed by atoms with Crippen LogP contribution in [0.5, 0.6) is 0 Å². The van der Waals surface area contributed by atoms with Crippen LogP contribution in [0, 0.1) is 5.92 Å². The second-order valence-electron chi connectivity index (χ2n) is 6.10. The first kappa shape index (κ1) is 17.5. The molecule has 1 aromatic carbocycles. The zero-order valence-corrected chi connectivity index (χ0v) is 13.7. The van der Waals surface area contributed by atoms with E-state index in [-0.39, 0.29) is 36.8 Å². The Morgan fingerprint density at radius 1 is 1.39 bits per heavy atom. The fourth-order valence-corrected chi connectivity index (χ4v) is 2.93. The number of hydrogen-bond donors (Lipinski definition) is 2. The van der Waals surface area contributed by atoms with Gasteiger partial charge in [-0.25, -0.2) is 0 Å². The van der Waals surface area contributed by atoms with Gasteiger partial charge >= 0.3 is 0 Å². The first-order valence-electron chi connectivity index (χ1n) is 8.37. The Bertz CT molecular complexity index is 518. The maximum atomic E-state index is 12.3. The molecule has 23 heavy (non-hydrogen) atoms. The molecule has 126 valence electrons. The summed E-state index contributed by atoms with van der Waals surface area (Å²) in [5.74, 6) is -0.289. The number of nitrogens with one attached hydrogen (secondary N) is 1. The third-order valence-electron chi connectivity index (χ3n) is 4.42. The summed E-state index contributed by atoms with van der Waals surface area (Å²) in [6.07, 6.45) is 2.44. The number of carbonyl (C=O) groups excluding carboxylic acids is 2. The van der Waals surface area contributed by atoms with Gasteiger partial charge in [-0.05, 0) is 24.8 Å². The monoisotopic (exact) mass is 318 g/mol. The van der Waals surface area contributed by atoms with Crippen molar-refractivity contribution >= 4 is 11.8 Å². The highest BCUT2D eigenvalue weighted by atomic mass is 16.3. The van der Waals surface area contributed by atoms with E-state index >= 15 is 0 Å². The van der Waals surface area contributed by atoms with Crippen LogP contribution < -0.4 is 5.32 Å². The van der Waals surface area contributed by atoms with Crippen molar-refractivity contribution in [1.29, 1.82) is 0 Å². The molecule has 0 radical (unpaired) electrons. The number of aliphatic hydroxyl groups excluding tert-OH is 1. The van der Waals surface area contributed by atoms with Gasteiger partial charge in [-0.15, -0.1) is 0 Å². The molecule has 0 saturated carbocycles. The molecule has 1 saturated heterocycles. The highest BCUT2D eigenvalue weighted by Gasteiger charge is 2.34. The third-order valence-corrected chi connectivity index (χ3v) is 4.42. The molecule has 1 fully saturated rings. The predicted molar refractivity (Wildman–Crippen MR) is 88.8 cm³/mol. The zero-order valence-electron chi connectivity index (χ0n) is 13.7. The van der Waals surface area contributed by atoms with Crippen molar-refractivity contribution in [1.82, 2.24) is 10.2 Å². The molecule has 5 heteroatoms. The van der Waals surface area contributed by atoms with E-state index < -0.39 is 0 Å². The van der Waals surface area contributed by atoms with Crippen molar-refractivity contribution in [2.24, 2.45) is 5.92 Å². The van der Waals surface area contributed by atoms with Crippen LogP contribution in [0.15, 0.2) is 30.3 Å². The fraction of sp³-hybridized carbons (Fsp3) is 0.556. The molecule has 5 nitrogen and oxygen atoms in total. The number of hydrogen-bond acceptors (Lipinski definition) is 3. The van der Waals surface area contributed by atoms with Crippen molar-refractivity contribution in [3.63, 3.8) is 0 Å². The van der Waals surface area contributed by atoms with Crippen molar-refractivity contribution < 1.29 is 14.7 Å². The summed E-state index contributed by atoms with van der Waals surface area (Å²) in [5, 5.41) is 11.9. The maximum absolute atomic E-state index is 12.3. The van der Waals surface area contributed by atoms with Crippen LogP contribution in [0.4, 0.5) is 0 Å². The minimum Gasteiger partial charge on any atom is -0.396 e. The zero-order chi connectivity index (χ0) is 16.7. The average molecular weight is 318 g/mol. The first-order chi connectivity index (χ1) is 11.1. The van der Waals surface area contributed by atoms with E-state index in [2.05, 4.69) is 5.32 Å². The summed E-state index contributed by atoms with van der Waals surface area (Å²) in [6.45, 7) is 3.19. The topological polar surface area (TPSA) is 69.6 Å². The molecule has 1 aliphatic heterocycles. The van der Waals surface area contributed by atoms with Crippen LogP contribution in [0.3, 0.4) is 0 Å². The summed E-state index contributed by atoms with van der Waals surface area (Å²) < 4.78 is 0. The lowest BCUT2D eigenvalue weighted by atomic mass is 10.1. The molecule has 0 aromatic heterocycles. The Labute approximate surface area is 137 Å². The molecular formula is C18H26N2O3. The molecule has 2 unspecified atom stereocenters. The van der Waals surface area contributed by atoms with Gasteiger partial charge in [0.1, 0.15) is 0 Å². The molecule has 1 aromatic rings. The lowest BCUT2D eigenvalue weighted by Gasteiger charge is -2.19. The lowest BCUT2D eigenvalue weighted by molar-refractivity contribution is -0.129. The van der Waals surface area contributed by atoms with Gasteiger partial charge in [0.25, 0.3) is 0 Å². The lowest BCUT2D eigenvalue weighted by Crippen LogP contribution is -2.40. The standard InChI is InChI=1S/C18H26N2O3/c1-2-16(9-11-21)19-18(23)15-12-17(22)20(13-15)10-8-14-6-4-3-5-7-14/h3-7,15-16,21H,2,8-13H2,1H3,(H,19,23). The van der Waals surface area contributed by atoms with E-state index in [1.165, 1.54) is 5.56 Å². The van der Waals surface area contributed by atoms with E-state index in [0.717, 1.165) is 12.8 Å². The number of nitrogens with zero attached hydrogens (tertiary/aromatic N) is 1. The average Bonchev–Trinajstić information content (AvgIpc) is 2.94. The van der Waals surface area contributed by atoms with E-state index in [0.29, 0.717) is 19.5 Å². The van der Waals surface area contributed by atoms with Gasteiger partial charge in [-0.3, -0.25) is 9.59 Å². The van der Waals surface area contributed by atoms with Gasteiger partial charge in [-0.2, -0.15) is 0 Å². The summed E-state index contributed by atoms with van der Waals surface area (Å²) >= 11 is 0. The Kier molecular flexibility index (Phi) is 6.59. The first-order valence-corrected chi connectivity index (χ1v) is 8.37. The van der Waals surface area contributed by atoms with Crippen LogP contribution in [-0.2, 0) is 16.0 Å². The van der Waals surface area contributed by atoms with Crippen LogP contribution >= 0.6 is 0 Å². The van der Waals surface area contributed by atoms with Crippen LogP contribution in [0.25, 0.3) is 0 Å². The quantitative estimate of drug-likeness (QED) is 0.760. The SMILES string of the molecule is CCC(CCO)NC(=O)C1CC(=O)N(CCc2ccccc2)C1. The minimum atomic E-state index is -0.272. The van der Waals surface area contributed by atoms with Gasteiger partial charge in [0.15, 0.2) is 0 Å². The Hall–Kier alpha value is -1.88. The molecule has 2 atom stereocenters. The number of carbonyl (C=O) groups is 2. The normalized spacial score (nSPS) is 19.0. The maximum Gasteiger partial charge on any atom is 0.225 e. The van der Waals surface area contributed by atoms with Gasteiger partial charge in [0.05, 0.1) is 5.92 Å². The van der Waals surface area contributed by atoms with Crippen molar-refractivity contribution in [2.45, 2.75) is 38.6 Å². The summed E-state index contributed by atoms with van der Waals surface area (Å²) in [4.78, 5) is 26.2. The number of rotatable bonds is 8. The predicted octanol–water partition coefficient (Wildman–Crippen LogP) is 1.35. The number of likely N-dealkylation sites (tertiary alicyclic amines) is 1. The third kappa shape index (κ3) is 5.06. The highest BCUT2D eigenvalue weighted by molar-refractivity contribution is 5.89. The molecule has 0 bridgehead atoms. The molecule has 2 rings (SSSR count). The van der Waals surface area contributed by atoms with E-state index in [1.807, 2.05) is 37.3 Å². The van der Waals surface area contributed by atoms with E-state index in [4.69, 9.17) is 5.11 Å². The largest absolute Gasteiger partial charge is 0.396 e.